The second-order valence-corrected chi connectivity index (χ2v) is 10.6. The second-order valence-electron chi connectivity index (χ2n) is 10.6. The van der Waals surface area contributed by atoms with Crippen molar-refractivity contribution in [2.45, 2.75) is 52.7 Å². The summed E-state index contributed by atoms with van der Waals surface area (Å²) in [7, 11) is 0. The minimum atomic E-state index is -1.31. The van der Waals surface area contributed by atoms with E-state index in [2.05, 4.69) is 5.32 Å². The Morgan fingerprint density at radius 3 is 2.29 bits per heavy atom. The number of nitro benzene ring substituents is 1. The quantitative estimate of drug-likeness (QED) is 0.397. The smallest absolute Gasteiger partial charge is 0.305 e. The number of nitrogens with one attached hydrogen (secondary N) is 1. The summed E-state index contributed by atoms with van der Waals surface area (Å²) in [5.74, 6) is -2.74. The summed E-state index contributed by atoms with van der Waals surface area (Å²) in [6, 6.07) is 11.0. The van der Waals surface area contributed by atoms with Crippen molar-refractivity contribution in [3.63, 3.8) is 0 Å². The highest BCUT2D eigenvalue weighted by Gasteiger charge is 2.44. The zero-order valence-corrected chi connectivity index (χ0v) is 21.8. The van der Waals surface area contributed by atoms with Gasteiger partial charge in [0.25, 0.3) is 17.5 Å². The van der Waals surface area contributed by atoms with Crippen LogP contribution in [0.15, 0.2) is 48.5 Å². The number of amides is 3. The molecule has 0 saturated carbocycles. The number of nitro groups is 1. The number of carboxylic acids is 1. The fourth-order valence-electron chi connectivity index (χ4n) is 4.33. The lowest BCUT2D eigenvalue weighted by molar-refractivity contribution is -0.384. The molecule has 1 saturated heterocycles. The standard InChI is InChI=1S/C27H32N4O7/c1-17-8-10-18(11-9-17)26(36)30-13-12-29(22(32)16-27(2,3)4)25(30)24(35)28-21(15-23(33)34)19-6-5-7-20(14-19)31(37)38/h5-11,14,21,25H,12-13,15-16H2,1-4H3,(H,28,35)(H,33,34). The normalized spacial score (nSPS) is 16.2. The van der Waals surface area contributed by atoms with Crippen molar-refractivity contribution in [1.29, 1.82) is 0 Å². The number of aliphatic carboxylic acids is 1. The number of benzene rings is 2. The molecule has 11 heteroatoms. The van der Waals surface area contributed by atoms with Gasteiger partial charge in [0.2, 0.25) is 5.91 Å². The second kappa shape index (κ2) is 11.4. The third-order valence-corrected chi connectivity index (χ3v) is 6.15. The predicted molar refractivity (Wildman–Crippen MR) is 138 cm³/mol. The zero-order chi connectivity index (χ0) is 28.2. The van der Waals surface area contributed by atoms with E-state index >= 15 is 0 Å². The average molecular weight is 525 g/mol. The molecular formula is C27H32N4O7. The van der Waals surface area contributed by atoms with Gasteiger partial charge >= 0.3 is 5.97 Å². The number of non-ortho nitro benzene ring substituents is 1. The Bertz CT molecular complexity index is 1240. The van der Waals surface area contributed by atoms with E-state index in [1.807, 2.05) is 27.7 Å². The molecule has 1 heterocycles. The highest BCUT2D eigenvalue weighted by atomic mass is 16.6. The van der Waals surface area contributed by atoms with E-state index in [0.717, 1.165) is 5.56 Å². The summed E-state index contributed by atoms with van der Waals surface area (Å²) in [6.07, 6.45) is -1.73. The number of carbonyl (C=O) groups is 4. The highest BCUT2D eigenvalue weighted by Crippen LogP contribution is 2.27. The minimum Gasteiger partial charge on any atom is -0.481 e. The molecule has 1 aliphatic rings. The molecular weight excluding hydrogens is 492 g/mol. The van der Waals surface area contributed by atoms with E-state index in [0.29, 0.717) is 5.56 Å². The van der Waals surface area contributed by atoms with Crippen LogP contribution in [0.1, 0.15) is 61.1 Å². The molecule has 3 amide bonds. The zero-order valence-electron chi connectivity index (χ0n) is 21.8. The van der Waals surface area contributed by atoms with Gasteiger partial charge in [0, 0.05) is 37.2 Å². The van der Waals surface area contributed by atoms with E-state index in [9.17, 15) is 34.4 Å². The molecule has 2 N–H and O–H groups in total. The van der Waals surface area contributed by atoms with Crippen LogP contribution < -0.4 is 5.32 Å². The summed E-state index contributed by atoms with van der Waals surface area (Å²) in [5.41, 5.74) is 0.886. The van der Waals surface area contributed by atoms with Gasteiger partial charge in [-0.1, -0.05) is 50.6 Å². The Balaban J connectivity index is 1.96. The lowest BCUT2D eigenvalue weighted by Gasteiger charge is -2.32. The van der Waals surface area contributed by atoms with Crippen LogP contribution in [0.5, 0.6) is 0 Å². The number of aryl methyl sites for hydroxylation is 1. The van der Waals surface area contributed by atoms with Crippen molar-refractivity contribution in [3.8, 4) is 0 Å². The first-order valence-corrected chi connectivity index (χ1v) is 12.2. The fourth-order valence-corrected chi connectivity index (χ4v) is 4.33. The molecule has 202 valence electrons. The van der Waals surface area contributed by atoms with Gasteiger partial charge in [0.1, 0.15) is 0 Å². The molecule has 2 atom stereocenters. The lowest BCUT2D eigenvalue weighted by Crippen LogP contribution is -2.54. The molecule has 2 aromatic carbocycles. The Kier molecular flexibility index (Phi) is 8.49. The van der Waals surface area contributed by atoms with Crippen LogP contribution >= 0.6 is 0 Å². The van der Waals surface area contributed by atoms with E-state index in [4.69, 9.17) is 0 Å². The maximum absolute atomic E-state index is 13.7. The van der Waals surface area contributed by atoms with Gasteiger partial charge in [-0.3, -0.25) is 29.3 Å². The molecule has 2 unspecified atom stereocenters. The van der Waals surface area contributed by atoms with Crippen LogP contribution in [-0.2, 0) is 14.4 Å². The van der Waals surface area contributed by atoms with Crippen LogP contribution in [-0.4, -0.2) is 62.8 Å². The van der Waals surface area contributed by atoms with Gasteiger partial charge < -0.3 is 20.2 Å². The van der Waals surface area contributed by atoms with E-state index in [-0.39, 0.29) is 42.1 Å². The topological polar surface area (TPSA) is 150 Å². The Morgan fingerprint density at radius 1 is 1.08 bits per heavy atom. The molecule has 0 radical (unpaired) electrons. The summed E-state index contributed by atoms with van der Waals surface area (Å²) in [5, 5.41) is 23.4. The van der Waals surface area contributed by atoms with E-state index in [1.54, 1.807) is 24.3 Å². The molecule has 0 aromatic heterocycles. The van der Waals surface area contributed by atoms with Crippen LogP contribution in [0, 0.1) is 22.5 Å². The molecule has 1 fully saturated rings. The maximum atomic E-state index is 13.7. The monoisotopic (exact) mass is 524 g/mol. The fraction of sp³-hybridized carbons (Fsp3) is 0.407. The van der Waals surface area contributed by atoms with Crippen molar-refractivity contribution in [3.05, 3.63) is 75.3 Å². The average Bonchev–Trinajstić information content (AvgIpc) is 3.28. The van der Waals surface area contributed by atoms with E-state index < -0.39 is 41.3 Å². The summed E-state index contributed by atoms with van der Waals surface area (Å²) >= 11 is 0. The van der Waals surface area contributed by atoms with Crippen LogP contribution in [0.2, 0.25) is 0 Å². The first-order valence-electron chi connectivity index (χ1n) is 12.2. The van der Waals surface area contributed by atoms with Crippen molar-refractivity contribution >= 4 is 29.4 Å². The third kappa shape index (κ3) is 6.93. The van der Waals surface area contributed by atoms with Gasteiger partial charge in [0.15, 0.2) is 6.17 Å². The van der Waals surface area contributed by atoms with Gasteiger partial charge in [-0.15, -0.1) is 0 Å². The van der Waals surface area contributed by atoms with E-state index in [1.165, 1.54) is 34.1 Å². The van der Waals surface area contributed by atoms with Crippen LogP contribution in [0.3, 0.4) is 0 Å². The summed E-state index contributed by atoms with van der Waals surface area (Å²) in [6.45, 7) is 7.78. The van der Waals surface area contributed by atoms with Gasteiger partial charge in [-0.2, -0.15) is 0 Å². The van der Waals surface area contributed by atoms with Gasteiger partial charge in [0.05, 0.1) is 17.4 Å². The lowest BCUT2D eigenvalue weighted by atomic mass is 9.91. The number of carboxylic acid groups (broad SMARTS) is 1. The van der Waals surface area contributed by atoms with Gasteiger partial charge in [-0.05, 0) is 30.0 Å². The maximum Gasteiger partial charge on any atom is 0.305 e. The van der Waals surface area contributed by atoms with Crippen molar-refractivity contribution < 1.29 is 29.2 Å². The number of nitrogens with zero attached hydrogens (tertiary/aromatic N) is 3. The van der Waals surface area contributed by atoms with Crippen molar-refractivity contribution in [1.82, 2.24) is 15.1 Å². The summed E-state index contributed by atoms with van der Waals surface area (Å²) < 4.78 is 0. The van der Waals surface area contributed by atoms with Gasteiger partial charge in [-0.25, -0.2) is 0 Å². The Labute approximate surface area is 220 Å². The number of rotatable bonds is 8. The van der Waals surface area contributed by atoms with Crippen molar-refractivity contribution in [2.24, 2.45) is 5.41 Å². The molecule has 0 spiro atoms. The molecule has 0 bridgehead atoms. The molecule has 11 nitrogen and oxygen atoms in total. The molecule has 38 heavy (non-hydrogen) atoms. The Hall–Kier alpha value is -4.28. The highest BCUT2D eigenvalue weighted by molar-refractivity contribution is 5.99. The SMILES string of the molecule is Cc1ccc(C(=O)N2CCN(C(=O)CC(C)(C)C)C2C(=O)NC(CC(=O)O)c2cccc([N+](=O)[O-])c2)cc1. The minimum absolute atomic E-state index is 0.112. The van der Waals surface area contributed by atoms with Crippen LogP contribution in [0.25, 0.3) is 0 Å². The molecule has 2 aromatic rings. The number of carbonyl (C=O) groups excluding carboxylic acids is 3. The summed E-state index contributed by atoms with van der Waals surface area (Å²) in [4.78, 5) is 65.2. The largest absolute Gasteiger partial charge is 0.481 e. The molecule has 1 aliphatic heterocycles. The number of hydrogen-bond donors (Lipinski definition) is 2. The first kappa shape index (κ1) is 28.3. The number of hydrogen-bond acceptors (Lipinski definition) is 6. The first-order chi connectivity index (χ1) is 17.8. The predicted octanol–water partition coefficient (Wildman–Crippen LogP) is 3.28. The Morgan fingerprint density at radius 2 is 1.71 bits per heavy atom. The van der Waals surface area contributed by atoms with Crippen LogP contribution in [0.4, 0.5) is 5.69 Å². The molecule has 0 aliphatic carbocycles. The molecule has 3 rings (SSSR count). The third-order valence-electron chi connectivity index (χ3n) is 6.15. The van der Waals surface area contributed by atoms with Crippen molar-refractivity contribution in [2.75, 3.05) is 13.1 Å².